The number of hydrogen-bond donors (Lipinski definition) is 3. The minimum atomic E-state index is -0.856. The number of carboxylic acids is 1. The number of carbonyl (C=O) groups excluding carboxylic acids is 1. The van der Waals surface area contributed by atoms with Crippen molar-refractivity contribution >= 4 is 11.9 Å². The van der Waals surface area contributed by atoms with E-state index in [1.54, 1.807) is 6.08 Å². The fourth-order valence-electron chi connectivity index (χ4n) is 1.90. The van der Waals surface area contributed by atoms with Crippen LogP contribution in [0.3, 0.4) is 0 Å². The summed E-state index contributed by atoms with van der Waals surface area (Å²) in [6.07, 6.45) is 3.93. The summed E-state index contributed by atoms with van der Waals surface area (Å²) in [6, 6.07) is -0.250. The van der Waals surface area contributed by atoms with Crippen LogP contribution in [0.2, 0.25) is 0 Å². The van der Waals surface area contributed by atoms with Crippen LogP contribution >= 0.6 is 0 Å². The molecule has 0 radical (unpaired) electrons. The molecule has 2 atom stereocenters. The molecule has 1 aliphatic rings. The van der Waals surface area contributed by atoms with Gasteiger partial charge in [0.25, 0.3) is 0 Å². The number of carboxylic acid groups (broad SMARTS) is 1. The monoisotopic (exact) mass is 240 g/mol. The van der Waals surface area contributed by atoms with Crippen LogP contribution in [0.5, 0.6) is 0 Å². The van der Waals surface area contributed by atoms with E-state index in [0.717, 1.165) is 19.4 Å². The molecule has 5 nitrogen and oxygen atoms in total. The second kappa shape index (κ2) is 7.06. The van der Waals surface area contributed by atoms with Gasteiger partial charge in [0.15, 0.2) is 0 Å². The lowest BCUT2D eigenvalue weighted by molar-refractivity contribution is -0.137. The molecule has 1 rings (SSSR count). The van der Waals surface area contributed by atoms with E-state index in [2.05, 4.69) is 17.2 Å². The number of aliphatic carboxylic acids is 1. The van der Waals surface area contributed by atoms with Crippen molar-refractivity contribution in [3.63, 3.8) is 0 Å². The van der Waals surface area contributed by atoms with Crippen LogP contribution in [0.4, 0.5) is 0 Å². The minimum Gasteiger partial charge on any atom is -0.481 e. The maximum Gasteiger partial charge on any atom is 0.303 e. The van der Waals surface area contributed by atoms with Gasteiger partial charge in [0, 0.05) is 19.0 Å². The summed E-state index contributed by atoms with van der Waals surface area (Å²) < 4.78 is 0. The molecule has 1 heterocycles. The maximum atomic E-state index is 11.9. The van der Waals surface area contributed by atoms with Crippen molar-refractivity contribution < 1.29 is 14.7 Å². The first kappa shape index (κ1) is 13.7. The third-order valence-corrected chi connectivity index (χ3v) is 2.95. The molecule has 96 valence electrons. The summed E-state index contributed by atoms with van der Waals surface area (Å²) in [5.74, 6) is -0.867. The van der Waals surface area contributed by atoms with Crippen LogP contribution in [0.15, 0.2) is 12.7 Å². The highest BCUT2D eigenvalue weighted by atomic mass is 16.4. The summed E-state index contributed by atoms with van der Waals surface area (Å²) in [6.45, 7) is 5.28. The zero-order chi connectivity index (χ0) is 12.7. The van der Waals surface area contributed by atoms with Crippen molar-refractivity contribution in [3.8, 4) is 0 Å². The first-order chi connectivity index (χ1) is 8.13. The Kier molecular flexibility index (Phi) is 5.69. The van der Waals surface area contributed by atoms with Gasteiger partial charge in [0.1, 0.15) is 0 Å². The molecule has 0 aromatic heterocycles. The summed E-state index contributed by atoms with van der Waals surface area (Å²) in [5.41, 5.74) is 0. The van der Waals surface area contributed by atoms with Gasteiger partial charge in [-0.15, -0.1) is 6.58 Å². The fraction of sp³-hybridized carbons (Fsp3) is 0.667. The lowest BCUT2D eigenvalue weighted by atomic mass is 9.98. The van der Waals surface area contributed by atoms with Gasteiger partial charge in [-0.05, 0) is 25.8 Å². The second-order valence-corrected chi connectivity index (χ2v) is 4.33. The quantitative estimate of drug-likeness (QED) is 0.591. The summed E-state index contributed by atoms with van der Waals surface area (Å²) >= 11 is 0. The highest BCUT2D eigenvalue weighted by Crippen LogP contribution is 2.11. The average Bonchev–Trinajstić information content (AvgIpc) is 2.35. The first-order valence-corrected chi connectivity index (χ1v) is 5.99. The average molecular weight is 240 g/mol. The number of amides is 1. The third kappa shape index (κ3) is 4.99. The Morgan fingerprint density at radius 2 is 2.35 bits per heavy atom. The lowest BCUT2D eigenvalue weighted by Gasteiger charge is -2.24. The van der Waals surface area contributed by atoms with Gasteiger partial charge < -0.3 is 15.7 Å². The largest absolute Gasteiger partial charge is 0.481 e. The summed E-state index contributed by atoms with van der Waals surface area (Å²) in [5, 5.41) is 14.6. The highest BCUT2D eigenvalue weighted by molar-refractivity contribution is 5.79. The maximum absolute atomic E-state index is 11.9. The molecule has 1 saturated heterocycles. The van der Waals surface area contributed by atoms with E-state index in [-0.39, 0.29) is 24.3 Å². The van der Waals surface area contributed by atoms with Crippen LogP contribution in [0.25, 0.3) is 0 Å². The highest BCUT2D eigenvalue weighted by Gasteiger charge is 2.22. The molecule has 2 unspecified atom stereocenters. The summed E-state index contributed by atoms with van der Waals surface area (Å²) in [7, 11) is 0. The topological polar surface area (TPSA) is 78.4 Å². The van der Waals surface area contributed by atoms with Crippen LogP contribution in [-0.4, -0.2) is 36.1 Å². The van der Waals surface area contributed by atoms with Gasteiger partial charge in [0.2, 0.25) is 5.91 Å². The molecule has 0 aromatic carbocycles. The second-order valence-electron chi connectivity index (χ2n) is 4.33. The van der Waals surface area contributed by atoms with Gasteiger partial charge in [-0.1, -0.05) is 6.08 Å². The van der Waals surface area contributed by atoms with Gasteiger partial charge in [0.05, 0.1) is 5.92 Å². The Morgan fingerprint density at radius 3 is 2.88 bits per heavy atom. The Bertz CT molecular complexity index is 285. The van der Waals surface area contributed by atoms with Gasteiger partial charge in [-0.2, -0.15) is 0 Å². The van der Waals surface area contributed by atoms with Gasteiger partial charge >= 0.3 is 5.97 Å². The fourth-order valence-corrected chi connectivity index (χ4v) is 1.90. The molecule has 0 spiro atoms. The molecular weight excluding hydrogens is 220 g/mol. The van der Waals surface area contributed by atoms with Crippen molar-refractivity contribution in [2.45, 2.75) is 31.7 Å². The SMILES string of the molecule is C=CC(CCC(=O)O)NC(=O)C1CCCNC1. The molecule has 17 heavy (non-hydrogen) atoms. The number of nitrogens with one attached hydrogen (secondary N) is 2. The third-order valence-electron chi connectivity index (χ3n) is 2.95. The minimum absolute atomic E-state index is 0.00368. The molecule has 3 N–H and O–H groups in total. The molecule has 0 saturated carbocycles. The van der Waals surface area contributed by atoms with Crippen molar-refractivity contribution in [3.05, 3.63) is 12.7 Å². The number of rotatable bonds is 6. The van der Waals surface area contributed by atoms with Crippen LogP contribution in [-0.2, 0) is 9.59 Å². The van der Waals surface area contributed by atoms with Gasteiger partial charge in [-0.3, -0.25) is 9.59 Å². The first-order valence-electron chi connectivity index (χ1n) is 5.99. The molecular formula is C12H20N2O3. The van der Waals surface area contributed by atoms with E-state index >= 15 is 0 Å². The molecule has 5 heteroatoms. The smallest absolute Gasteiger partial charge is 0.303 e. The van der Waals surface area contributed by atoms with Crippen molar-refractivity contribution in [2.24, 2.45) is 5.92 Å². The van der Waals surface area contributed by atoms with E-state index in [1.807, 2.05) is 0 Å². The lowest BCUT2D eigenvalue weighted by Crippen LogP contribution is -2.44. The van der Waals surface area contributed by atoms with Crippen LogP contribution < -0.4 is 10.6 Å². The van der Waals surface area contributed by atoms with E-state index in [1.165, 1.54) is 0 Å². The van der Waals surface area contributed by atoms with Gasteiger partial charge in [-0.25, -0.2) is 0 Å². The Balaban J connectivity index is 2.35. The van der Waals surface area contributed by atoms with Crippen molar-refractivity contribution in [2.75, 3.05) is 13.1 Å². The predicted molar refractivity (Wildman–Crippen MR) is 64.6 cm³/mol. The van der Waals surface area contributed by atoms with E-state index in [0.29, 0.717) is 13.0 Å². The molecule has 1 fully saturated rings. The number of piperidine rings is 1. The Morgan fingerprint density at radius 1 is 1.59 bits per heavy atom. The van der Waals surface area contributed by atoms with Crippen molar-refractivity contribution in [1.29, 1.82) is 0 Å². The number of carbonyl (C=O) groups is 2. The zero-order valence-electron chi connectivity index (χ0n) is 9.95. The van der Waals surface area contributed by atoms with E-state index in [9.17, 15) is 9.59 Å². The zero-order valence-corrected chi connectivity index (χ0v) is 9.95. The molecule has 0 aromatic rings. The summed E-state index contributed by atoms with van der Waals surface area (Å²) in [4.78, 5) is 22.3. The predicted octanol–water partition coefficient (Wildman–Crippen LogP) is 0.522. The molecule has 0 bridgehead atoms. The number of hydrogen-bond acceptors (Lipinski definition) is 3. The Labute approximate surface area is 101 Å². The molecule has 0 aliphatic carbocycles. The van der Waals surface area contributed by atoms with Crippen LogP contribution in [0, 0.1) is 5.92 Å². The standard InChI is InChI=1S/C12H20N2O3/c1-2-10(5-6-11(15)16)14-12(17)9-4-3-7-13-8-9/h2,9-10,13H,1,3-8H2,(H,14,17)(H,15,16). The van der Waals surface area contributed by atoms with Crippen molar-refractivity contribution in [1.82, 2.24) is 10.6 Å². The van der Waals surface area contributed by atoms with E-state index in [4.69, 9.17) is 5.11 Å². The molecule has 1 amide bonds. The van der Waals surface area contributed by atoms with E-state index < -0.39 is 5.97 Å². The van der Waals surface area contributed by atoms with Crippen LogP contribution in [0.1, 0.15) is 25.7 Å². The Hall–Kier alpha value is -1.36. The normalized spacial score (nSPS) is 21.5. The molecule has 1 aliphatic heterocycles.